The zero-order chi connectivity index (χ0) is 22.1. The fraction of sp³-hybridized carbons (Fsp3) is 0.391. The highest BCUT2D eigenvalue weighted by molar-refractivity contribution is 7.80. The third kappa shape index (κ3) is 4.25. The van der Waals surface area contributed by atoms with Gasteiger partial charge >= 0.3 is 0 Å². The van der Waals surface area contributed by atoms with E-state index in [1.165, 1.54) is 11.8 Å². The van der Waals surface area contributed by atoms with E-state index in [0.29, 0.717) is 12.5 Å². The van der Waals surface area contributed by atoms with Crippen LogP contribution >= 0.6 is 12.2 Å². The number of thiocarbonyl (C=S) groups is 1. The van der Waals surface area contributed by atoms with Crippen LogP contribution in [-0.2, 0) is 9.59 Å². The van der Waals surface area contributed by atoms with E-state index in [4.69, 9.17) is 21.9 Å². The van der Waals surface area contributed by atoms with Gasteiger partial charge in [0.25, 0.3) is 5.91 Å². The van der Waals surface area contributed by atoms with Gasteiger partial charge in [-0.05, 0) is 68.2 Å². The van der Waals surface area contributed by atoms with Crippen molar-refractivity contribution >= 4 is 51.9 Å². The Labute approximate surface area is 187 Å². The van der Waals surface area contributed by atoms with E-state index in [1.54, 1.807) is 6.08 Å². The number of nitrogens with one attached hydrogen (secondary N) is 1. The molecule has 2 amide bonds. The molecule has 8 heteroatoms. The number of piperidine rings is 1. The van der Waals surface area contributed by atoms with Crippen molar-refractivity contribution in [3.8, 4) is 5.75 Å². The number of hydrogen-bond donors (Lipinski definition) is 1. The lowest BCUT2D eigenvalue weighted by atomic mass is 9.98. The minimum absolute atomic E-state index is 0.101. The van der Waals surface area contributed by atoms with Gasteiger partial charge in [-0.15, -0.1) is 0 Å². The molecule has 0 saturated carbocycles. The van der Waals surface area contributed by atoms with Crippen LogP contribution in [0, 0.1) is 5.92 Å². The molecule has 4 rings (SSSR count). The number of anilines is 1. The molecule has 3 heterocycles. The van der Waals surface area contributed by atoms with E-state index in [1.807, 2.05) is 31.2 Å². The predicted molar refractivity (Wildman–Crippen MR) is 125 cm³/mol. The van der Waals surface area contributed by atoms with Crippen molar-refractivity contribution in [3.63, 3.8) is 0 Å². The first-order valence-electron chi connectivity index (χ1n) is 10.6. The third-order valence-corrected chi connectivity index (χ3v) is 5.98. The fourth-order valence-electron chi connectivity index (χ4n) is 4.02. The van der Waals surface area contributed by atoms with Crippen molar-refractivity contribution in [2.75, 3.05) is 24.6 Å². The second-order valence-electron chi connectivity index (χ2n) is 8.00. The fourth-order valence-corrected chi connectivity index (χ4v) is 4.33. The Balaban J connectivity index is 1.85. The minimum atomic E-state index is -0.387. The molecule has 31 heavy (non-hydrogen) atoms. The van der Waals surface area contributed by atoms with Gasteiger partial charge in [0, 0.05) is 31.0 Å². The zero-order valence-corrected chi connectivity index (χ0v) is 18.8. The second-order valence-corrected chi connectivity index (χ2v) is 8.39. The van der Waals surface area contributed by atoms with E-state index in [-0.39, 0.29) is 22.6 Å². The lowest BCUT2D eigenvalue weighted by Gasteiger charge is -2.32. The summed E-state index contributed by atoms with van der Waals surface area (Å²) in [4.78, 5) is 33.1. The van der Waals surface area contributed by atoms with Gasteiger partial charge in [-0.3, -0.25) is 19.8 Å². The van der Waals surface area contributed by atoms with Gasteiger partial charge in [0.15, 0.2) is 5.11 Å². The first kappa shape index (κ1) is 21.2. The van der Waals surface area contributed by atoms with Gasteiger partial charge in [0.2, 0.25) is 5.91 Å². The van der Waals surface area contributed by atoms with Crippen LogP contribution < -0.4 is 15.0 Å². The molecule has 2 aromatic rings. The quantitative estimate of drug-likeness (QED) is 0.582. The Bertz CT molecular complexity index is 1090. The average Bonchev–Trinajstić information content (AvgIpc) is 3.01. The SMILES string of the molecule is CCOc1ccc2nc(N3CCC(C)CC3)c(/C=C3/C(=O)NC(=S)N3C(C)=O)cc2c1. The molecule has 162 valence electrons. The van der Waals surface area contributed by atoms with Crippen molar-refractivity contribution < 1.29 is 14.3 Å². The second kappa shape index (κ2) is 8.63. The van der Waals surface area contributed by atoms with Gasteiger partial charge in [-0.1, -0.05) is 6.92 Å². The van der Waals surface area contributed by atoms with Crippen LogP contribution in [-0.4, -0.2) is 46.5 Å². The van der Waals surface area contributed by atoms with Crippen LogP contribution in [0.5, 0.6) is 5.75 Å². The number of rotatable bonds is 4. The summed E-state index contributed by atoms with van der Waals surface area (Å²) >= 11 is 5.17. The van der Waals surface area contributed by atoms with E-state index in [9.17, 15) is 9.59 Å². The topological polar surface area (TPSA) is 74.8 Å². The molecule has 1 N–H and O–H groups in total. The molecule has 1 aromatic heterocycles. The summed E-state index contributed by atoms with van der Waals surface area (Å²) in [5.41, 5.74) is 1.84. The normalized spacial score (nSPS) is 18.7. The lowest BCUT2D eigenvalue weighted by molar-refractivity contribution is -0.125. The third-order valence-electron chi connectivity index (χ3n) is 5.69. The molecular weight excluding hydrogens is 412 g/mol. The zero-order valence-electron chi connectivity index (χ0n) is 18.0. The number of benzene rings is 1. The Morgan fingerprint density at radius 2 is 2.06 bits per heavy atom. The molecule has 0 radical (unpaired) electrons. The number of ether oxygens (including phenoxy) is 1. The van der Waals surface area contributed by atoms with Crippen LogP contribution in [0.25, 0.3) is 17.0 Å². The number of amides is 2. The Morgan fingerprint density at radius 3 is 2.74 bits per heavy atom. The van der Waals surface area contributed by atoms with Crippen LogP contribution in [0.4, 0.5) is 5.82 Å². The summed E-state index contributed by atoms with van der Waals surface area (Å²) in [6.07, 6.45) is 3.88. The molecule has 2 aliphatic rings. The van der Waals surface area contributed by atoms with E-state index in [0.717, 1.165) is 54.0 Å². The van der Waals surface area contributed by atoms with Gasteiger partial charge < -0.3 is 9.64 Å². The highest BCUT2D eigenvalue weighted by atomic mass is 32.1. The van der Waals surface area contributed by atoms with Gasteiger partial charge in [0.05, 0.1) is 12.1 Å². The van der Waals surface area contributed by atoms with Gasteiger partial charge in [-0.2, -0.15) is 0 Å². The summed E-state index contributed by atoms with van der Waals surface area (Å²) in [5.74, 6) is 1.56. The van der Waals surface area contributed by atoms with Crippen molar-refractivity contribution in [1.82, 2.24) is 15.2 Å². The summed E-state index contributed by atoms with van der Waals surface area (Å²) in [5, 5.41) is 3.57. The average molecular weight is 439 g/mol. The predicted octanol–water partition coefficient (Wildman–Crippen LogP) is 3.47. The number of carbonyl (C=O) groups excluding carboxylic acids is 2. The molecular formula is C23H26N4O3S. The Hall–Kier alpha value is -3.00. The number of nitrogens with zero attached hydrogens (tertiary/aromatic N) is 3. The molecule has 2 fully saturated rings. The van der Waals surface area contributed by atoms with E-state index in [2.05, 4.69) is 17.1 Å². The standard InChI is InChI=1S/C23H26N4O3S/c1-4-30-18-5-6-19-16(12-18)11-17(21(24-19)26-9-7-14(2)8-10-26)13-20-22(29)25-23(31)27(20)15(3)28/h5-6,11-14H,4,7-10H2,1-3H3,(H,25,29,31)/b20-13-. The first-order valence-corrected chi connectivity index (χ1v) is 11.0. The maximum Gasteiger partial charge on any atom is 0.274 e. The lowest BCUT2D eigenvalue weighted by Crippen LogP contribution is -2.34. The van der Waals surface area contributed by atoms with Crippen LogP contribution in [0.15, 0.2) is 30.0 Å². The summed E-state index contributed by atoms with van der Waals surface area (Å²) in [6.45, 7) is 7.96. The minimum Gasteiger partial charge on any atom is -0.494 e. The molecule has 0 atom stereocenters. The molecule has 2 saturated heterocycles. The van der Waals surface area contributed by atoms with Crippen molar-refractivity contribution in [1.29, 1.82) is 0 Å². The van der Waals surface area contributed by atoms with Crippen molar-refractivity contribution in [2.45, 2.75) is 33.6 Å². The number of aromatic nitrogens is 1. The van der Waals surface area contributed by atoms with Crippen LogP contribution in [0.1, 0.15) is 39.2 Å². The van der Waals surface area contributed by atoms with Crippen molar-refractivity contribution in [3.05, 3.63) is 35.5 Å². The van der Waals surface area contributed by atoms with Crippen LogP contribution in [0.2, 0.25) is 0 Å². The monoisotopic (exact) mass is 438 g/mol. The highest BCUT2D eigenvalue weighted by Gasteiger charge is 2.33. The maximum absolute atomic E-state index is 12.5. The molecule has 0 aliphatic carbocycles. The molecule has 0 bridgehead atoms. The van der Waals surface area contributed by atoms with Gasteiger partial charge in [0.1, 0.15) is 17.3 Å². The Kier molecular flexibility index (Phi) is 5.91. The number of carbonyl (C=O) groups is 2. The molecule has 1 aromatic carbocycles. The summed E-state index contributed by atoms with van der Waals surface area (Å²) in [7, 11) is 0. The van der Waals surface area contributed by atoms with Crippen LogP contribution in [0.3, 0.4) is 0 Å². The maximum atomic E-state index is 12.5. The number of fused-ring (bicyclic) bond motifs is 1. The van der Waals surface area contributed by atoms with Gasteiger partial charge in [-0.25, -0.2) is 4.98 Å². The smallest absolute Gasteiger partial charge is 0.274 e. The summed E-state index contributed by atoms with van der Waals surface area (Å²) < 4.78 is 5.64. The van der Waals surface area contributed by atoms with Crippen molar-refractivity contribution in [2.24, 2.45) is 5.92 Å². The highest BCUT2D eigenvalue weighted by Crippen LogP contribution is 2.31. The molecule has 0 unspecified atom stereocenters. The summed E-state index contributed by atoms with van der Waals surface area (Å²) in [6, 6.07) is 7.81. The molecule has 7 nitrogen and oxygen atoms in total. The molecule has 2 aliphatic heterocycles. The van der Waals surface area contributed by atoms with E-state index < -0.39 is 0 Å². The first-order chi connectivity index (χ1) is 14.9. The van der Waals surface area contributed by atoms with E-state index >= 15 is 0 Å². The molecule has 0 spiro atoms. The number of pyridine rings is 1. The number of hydrogen-bond acceptors (Lipinski definition) is 6. The largest absolute Gasteiger partial charge is 0.494 e. The Morgan fingerprint density at radius 1 is 1.32 bits per heavy atom.